The zero-order valence-corrected chi connectivity index (χ0v) is 17.7. The first-order valence-corrected chi connectivity index (χ1v) is 9.57. The summed E-state index contributed by atoms with van der Waals surface area (Å²) in [6.45, 7) is 6.06. The molecule has 2 aromatic carbocycles. The summed E-state index contributed by atoms with van der Waals surface area (Å²) in [6.07, 6.45) is 0.329. The molecule has 150 valence electrons. The van der Waals surface area contributed by atoms with Gasteiger partial charge in [0.25, 0.3) is 0 Å². The number of nitrogens with zero attached hydrogens (tertiary/aromatic N) is 2. The number of anilines is 2. The molecule has 3 rings (SSSR count). The molecule has 1 aliphatic rings. The topological polar surface area (TPSA) is 42.0 Å². The van der Waals surface area contributed by atoms with E-state index >= 15 is 0 Å². The van der Waals surface area contributed by atoms with Crippen LogP contribution in [0.5, 0.6) is 0 Å². The Bertz CT molecular complexity index is 840. The van der Waals surface area contributed by atoms with Gasteiger partial charge in [-0.1, -0.05) is 30.3 Å². The number of amides is 1. The van der Waals surface area contributed by atoms with Gasteiger partial charge < -0.3 is 14.4 Å². The maximum absolute atomic E-state index is 12.8. The summed E-state index contributed by atoms with van der Waals surface area (Å²) in [4.78, 5) is 16.6. The van der Waals surface area contributed by atoms with Crippen molar-refractivity contribution >= 4 is 17.5 Å². The number of rotatable bonds is 4. The molecule has 0 N–H and O–H groups in total. The van der Waals surface area contributed by atoms with Gasteiger partial charge in [0.1, 0.15) is 11.2 Å². The third-order valence-electron chi connectivity index (χ3n) is 5.05. The molecular formula is C23H30N2O3. The van der Waals surface area contributed by atoms with E-state index in [1.165, 1.54) is 0 Å². The summed E-state index contributed by atoms with van der Waals surface area (Å²) in [5, 5.41) is 0. The van der Waals surface area contributed by atoms with Gasteiger partial charge >= 0.3 is 6.09 Å². The highest BCUT2D eigenvalue weighted by Gasteiger charge is 2.46. The molecule has 0 radical (unpaired) electrons. The van der Waals surface area contributed by atoms with E-state index in [4.69, 9.17) is 9.47 Å². The van der Waals surface area contributed by atoms with Crippen LogP contribution >= 0.6 is 0 Å². The van der Waals surface area contributed by atoms with E-state index in [9.17, 15) is 4.79 Å². The minimum Gasteiger partial charge on any atom is -0.443 e. The van der Waals surface area contributed by atoms with Crippen molar-refractivity contribution in [3.63, 3.8) is 0 Å². The summed E-state index contributed by atoms with van der Waals surface area (Å²) >= 11 is 0. The van der Waals surface area contributed by atoms with E-state index in [2.05, 4.69) is 29.2 Å². The summed E-state index contributed by atoms with van der Waals surface area (Å²) in [7, 11) is 5.76. The first-order valence-electron chi connectivity index (χ1n) is 9.57. The van der Waals surface area contributed by atoms with Gasteiger partial charge in [0.15, 0.2) is 0 Å². The highest BCUT2D eigenvalue weighted by molar-refractivity contribution is 5.91. The molecule has 0 fully saturated rings. The SMILES string of the molecule is COC1(Cc2ccc(N(C)C)cc2)CN(C(=O)OC(C)(C)C)c2ccccc21. The van der Waals surface area contributed by atoms with Gasteiger partial charge in [-0.05, 0) is 44.5 Å². The van der Waals surface area contributed by atoms with Crippen LogP contribution in [0.3, 0.4) is 0 Å². The third-order valence-corrected chi connectivity index (χ3v) is 5.05. The lowest BCUT2D eigenvalue weighted by atomic mass is 9.88. The Hall–Kier alpha value is -2.53. The molecule has 2 aromatic rings. The molecule has 0 saturated carbocycles. The van der Waals surface area contributed by atoms with Gasteiger partial charge in [-0.15, -0.1) is 0 Å². The Labute approximate surface area is 167 Å². The quantitative estimate of drug-likeness (QED) is 0.775. The average molecular weight is 383 g/mol. The van der Waals surface area contributed by atoms with Crippen LogP contribution in [0.2, 0.25) is 0 Å². The molecule has 0 spiro atoms. The van der Waals surface area contributed by atoms with E-state index in [-0.39, 0.29) is 6.09 Å². The monoisotopic (exact) mass is 382 g/mol. The number of methoxy groups -OCH3 is 1. The minimum atomic E-state index is -0.604. The van der Waals surface area contributed by atoms with Crippen molar-refractivity contribution in [3.05, 3.63) is 59.7 Å². The normalized spacial score (nSPS) is 18.7. The maximum Gasteiger partial charge on any atom is 0.414 e. The van der Waals surface area contributed by atoms with Crippen molar-refractivity contribution in [2.45, 2.75) is 38.4 Å². The van der Waals surface area contributed by atoms with Crippen LogP contribution in [0.25, 0.3) is 0 Å². The fraction of sp³-hybridized carbons (Fsp3) is 0.435. The molecule has 5 nitrogen and oxygen atoms in total. The van der Waals surface area contributed by atoms with Gasteiger partial charge in [0.05, 0.1) is 12.2 Å². The number of para-hydroxylation sites is 1. The van der Waals surface area contributed by atoms with Crippen LogP contribution in [0, 0.1) is 0 Å². The average Bonchev–Trinajstić information content (AvgIpc) is 2.96. The van der Waals surface area contributed by atoms with Crippen LogP contribution in [0.1, 0.15) is 31.9 Å². The smallest absolute Gasteiger partial charge is 0.414 e. The molecule has 0 aliphatic carbocycles. The van der Waals surface area contributed by atoms with Crippen molar-refractivity contribution in [2.24, 2.45) is 0 Å². The van der Waals surface area contributed by atoms with Crippen molar-refractivity contribution < 1.29 is 14.3 Å². The number of carbonyl (C=O) groups is 1. The molecule has 0 saturated heterocycles. The Morgan fingerprint density at radius 2 is 1.75 bits per heavy atom. The number of ether oxygens (including phenoxy) is 2. The second kappa shape index (κ2) is 7.47. The van der Waals surface area contributed by atoms with Gasteiger partial charge in [-0.3, -0.25) is 4.90 Å². The van der Waals surface area contributed by atoms with E-state index in [0.717, 1.165) is 22.5 Å². The Kier molecular flexibility index (Phi) is 5.39. The molecular weight excluding hydrogens is 352 g/mol. The van der Waals surface area contributed by atoms with Crippen LogP contribution < -0.4 is 9.80 Å². The summed E-state index contributed by atoms with van der Waals surface area (Å²) in [5.41, 5.74) is 3.02. The van der Waals surface area contributed by atoms with Gasteiger partial charge in [0, 0.05) is 38.9 Å². The van der Waals surface area contributed by atoms with E-state index < -0.39 is 11.2 Å². The highest BCUT2D eigenvalue weighted by Crippen LogP contribution is 2.44. The van der Waals surface area contributed by atoms with Crippen molar-refractivity contribution in [1.29, 1.82) is 0 Å². The lowest BCUT2D eigenvalue weighted by Gasteiger charge is -2.30. The van der Waals surface area contributed by atoms with Gasteiger partial charge in [0.2, 0.25) is 0 Å². The summed E-state index contributed by atoms with van der Waals surface area (Å²) < 4.78 is 11.7. The van der Waals surface area contributed by atoms with Crippen LogP contribution in [-0.4, -0.2) is 39.4 Å². The second-order valence-electron chi connectivity index (χ2n) is 8.52. The lowest BCUT2D eigenvalue weighted by Crippen LogP contribution is -2.42. The van der Waals surface area contributed by atoms with Crippen LogP contribution in [-0.2, 0) is 21.5 Å². The fourth-order valence-corrected chi connectivity index (χ4v) is 3.64. The van der Waals surface area contributed by atoms with Crippen molar-refractivity contribution in [2.75, 3.05) is 37.5 Å². The molecule has 28 heavy (non-hydrogen) atoms. The van der Waals surface area contributed by atoms with Gasteiger partial charge in [-0.2, -0.15) is 0 Å². The molecule has 1 aliphatic heterocycles. The number of hydrogen-bond donors (Lipinski definition) is 0. The molecule has 1 atom stereocenters. The number of hydrogen-bond acceptors (Lipinski definition) is 4. The number of carbonyl (C=O) groups excluding carboxylic acids is 1. The van der Waals surface area contributed by atoms with E-state index in [1.807, 2.05) is 59.1 Å². The predicted octanol–water partition coefficient (Wildman–Crippen LogP) is 4.59. The third kappa shape index (κ3) is 3.99. The Morgan fingerprint density at radius 3 is 2.32 bits per heavy atom. The van der Waals surface area contributed by atoms with E-state index in [0.29, 0.717) is 13.0 Å². The number of benzene rings is 2. The molecule has 0 bridgehead atoms. The molecule has 1 amide bonds. The van der Waals surface area contributed by atoms with Crippen LogP contribution in [0.15, 0.2) is 48.5 Å². The maximum atomic E-state index is 12.8. The standard InChI is InChI=1S/C23H30N2O3/c1-22(2,3)28-21(26)25-16-23(27-6,19-9-7-8-10-20(19)25)15-17-11-13-18(14-12-17)24(4)5/h7-14H,15-16H2,1-6H3. The minimum absolute atomic E-state index is 0.346. The lowest BCUT2D eigenvalue weighted by molar-refractivity contribution is -0.00274. The zero-order valence-electron chi connectivity index (χ0n) is 17.7. The predicted molar refractivity (Wildman–Crippen MR) is 113 cm³/mol. The van der Waals surface area contributed by atoms with Crippen LogP contribution in [0.4, 0.5) is 16.2 Å². The molecule has 0 aromatic heterocycles. The summed E-state index contributed by atoms with van der Waals surface area (Å²) in [6, 6.07) is 16.4. The van der Waals surface area contributed by atoms with E-state index in [1.54, 1.807) is 12.0 Å². The molecule has 5 heteroatoms. The Balaban J connectivity index is 1.93. The summed E-state index contributed by atoms with van der Waals surface area (Å²) in [5.74, 6) is 0. The second-order valence-corrected chi connectivity index (χ2v) is 8.52. The molecule has 1 heterocycles. The first kappa shape index (κ1) is 20.2. The molecule has 1 unspecified atom stereocenters. The first-order chi connectivity index (χ1) is 13.1. The largest absolute Gasteiger partial charge is 0.443 e. The van der Waals surface area contributed by atoms with Gasteiger partial charge in [-0.25, -0.2) is 4.79 Å². The highest BCUT2D eigenvalue weighted by atomic mass is 16.6. The van der Waals surface area contributed by atoms with Crippen molar-refractivity contribution in [1.82, 2.24) is 0 Å². The zero-order chi connectivity index (χ0) is 20.5. The number of fused-ring (bicyclic) bond motifs is 1. The van der Waals surface area contributed by atoms with Crippen molar-refractivity contribution in [3.8, 4) is 0 Å². The fourth-order valence-electron chi connectivity index (χ4n) is 3.64. The Morgan fingerprint density at radius 1 is 1.11 bits per heavy atom.